The van der Waals surface area contributed by atoms with Crippen LogP contribution in [0.1, 0.15) is 50.7 Å². The molecule has 1 atom stereocenters. The summed E-state index contributed by atoms with van der Waals surface area (Å²) >= 11 is 6.15. The lowest BCUT2D eigenvalue weighted by molar-refractivity contribution is -0.385. The van der Waals surface area contributed by atoms with E-state index < -0.39 is 34.1 Å². The van der Waals surface area contributed by atoms with Crippen LogP contribution in [0.25, 0.3) is 11.3 Å². The van der Waals surface area contributed by atoms with E-state index >= 15 is 0 Å². The molecule has 1 aliphatic rings. The molecule has 0 fully saturated rings. The van der Waals surface area contributed by atoms with E-state index in [2.05, 4.69) is 10.2 Å². The van der Waals surface area contributed by atoms with Crippen molar-refractivity contribution in [2.45, 2.75) is 25.2 Å². The molecule has 1 aromatic heterocycles. The van der Waals surface area contributed by atoms with Gasteiger partial charge in [0.15, 0.2) is 5.78 Å². The first-order valence-electron chi connectivity index (χ1n) is 9.37. The second-order valence-electron chi connectivity index (χ2n) is 7.16. The van der Waals surface area contributed by atoms with Crippen molar-refractivity contribution in [2.24, 2.45) is 0 Å². The molecule has 0 saturated carbocycles. The summed E-state index contributed by atoms with van der Waals surface area (Å²) in [5.41, 5.74) is 0.494. The van der Waals surface area contributed by atoms with Crippen LogP contribution in [-0.4, -0.2) is 32.0 Å². The van der Waals surface area contributed by atoms with E-state index in [0.717, 1.165) is 6.07 Å². The van der Waals surface area contributed by atoms with E-state index in [4.69, 9.17) is 16.7 Å². The van der Waals surface area contributed by atoms with Crippen LogP contribution in [0.5, 0.6) is 0 Å². The van der Waals surface area contributed by atoms with Crippen molar-refractivity contribution in [2.75, 3.05) is 0 Å². The van der Waals surface area contributed by atoms with Gasteiger partial charge in [-0.25, -0.2) is 9.18 Å². The summed E-state index contributed by atoms with van der Waals surface area (Å²) in [6, 6.07) is 7.45. The van der Waals surface area contributed by atoms with E-state index in [0.29, 0.717) is 30.5 Å². The molecule has 158 valence electrons. The third-order valence-electron chi connectivity index (χ3n) is 5.37. The first-order valence-corrected chi connectivity index (χ1v) is 9.74. The van der Waals surface area contributed by atoms with Crippen LogP contribution < -0.4 is 0 Å². The molecular weight excluding hydrogens is 429 g/mol. The second-order valence-corrected chi connectivity index (χ2v) is 7.57. The summed E-state index contributed by atoms with van der Waals surface area (Å²) < 4.78 is 14.7. The minimum absolute atomic E-state index is 0.0339. The van der Waals surface area contributed by atoms with Crippen molar-refractivity contribution in [1.82, 2.24) is 10.2 Å². The highest BCUT2D eigenvalue weighted by atomic mass is 35.5. The number of aromatic nitrogens is 2. The number of hydrogen-bond donors (Lipinski definition) is 2. The molecule has 0 saturated heterocycles. The molecule has 31 heavy (non-hydrogen) atoms. The van der Waals surface area contributed by atoms with Crippen molar-refractivity contribution >= 4 is 29.0 Å². The fourth-order valence-corrected chi connectivity index (χ4v) is 4.23. The molecule has 0 spiro atoms. The number of nitro groups is 1. The topological polar surface area (TPSA) is 126 Å². The van der Waals surface area contributed by atoms with Gasteiger partial charge in [0, 0.05) is 22.9 Å². The third-order valence-corrected chi connectivity index (χ3v) is 5.69. The summed E-state index contributed by atoms with van der Waals surface area (Å²) in [5.74, 6) is -3.42. The average Bonchev–Trinajstić information content (AvgIpc) is 3.17. The van der Waals surface area contributed by atoms with Crippen LogP contribution in [0.2, 0.25) is 5.02 Å². The van der Waals surface area contributed by atoms with Gasteiger partial charge >= 0.3 is 5.97 Å². The number of Topliss-reactive ketones (excluding diaryl/α,β-unsaturated/α-hetero) is 1. The Labute approximate surface area is 179 Å². The molecule has 0 aliphatic heterocycles. The van der Waals surface area contributed by atoms with Gasteiger partial charge < -0.3 is 5.11 Å². The van der Waals surface area contributed by atoms with Crippen LogP contribution in [0.4, 0.5) is 10.1 Å². The molecule has 3 aromatic rings. The predicted molar refractivity (Wildman–Crippen MR) is 109 cm³/mol. The van der Waals surface area contributed by atoms with Gasteiger partial charge in [0.25, 0.3) is 5.69 Å². The SMILES string of the molecule is O=C(O)c1ccc(-c2n[nH]c3c2C(C(=O)c2c(Cl)cccc2[N+](=O)[O-])CCC3)c(F)c1. The maximum absolute atomic E-state index is 14.7. The number of aromatic carboxylic acids is 1. The maximum atomic E-state index is 14.7. The van der Waals surface area contributed by atoms with Crippen LogP contribution in [-0.2, 0) is 6.42 Å². The third kappa shape index (κ3) is 3.57. The van der Waals surface area contributed by atoms with E-state index in [-0.39, 0.29) is 27.4 Å². The van der Waals surface area contributed by atoms with Gasteiger partial charge in [-0.05, 0) is 43.5 Å². The normalized spacial score (nSPS) is 15.4. The Morgan fingerprint density at radius 2 is 2.06 bits per heavy atom. The fraction of sp³-hybridized carbons (Fsp3) is 0.190. The van der Waals surface area contributed by atoms with E-state index in [1.807, 2.05) is 0 Å². The van der Waals surface area contributed by atoms with E-state index in [1.54, 1.807) is 0 Å². The smallest absolute Gasteiger partial charge is 0.335 e. The number of aryl methyl sites for hydroxylation is 1. The predicted octanol–water partition coefficient (Wildman–Crippen LogP) is 4.78. The number of aromatic amines is 1. The minimum Gasteiger partial charge on any atom is -0.478 e. The van der Waals surface area contributed by atoms with Gasteiger partial charge in [-0.2, -0.15) is 5.10 Å². The van der Waals surface area contributed by atoms with Gasteiger partial charge in [0.05, 0.1) is 27.1 Å². The van der Waals surface area contributed by atoms with Crippen molar-refractivity contribution < 1.29 is 24.0 Å². The van der Waals surface area contributed by atoms with Crippen LogP contribution >= 0.6 is 11.6 Å². The maximum Gasteiger partial charge on any atom is 0.335 e. The largest absolute Gasteiger partial charge is 0.478 e. The lowest BCUT2D eigenvalue weighted by atomic mass is 9.79. The monoisotopic (exact) mass is 443 g/mol. The summed E-state index contributed by atoms with van der Waals surface area (Å²) in [5, 5.41) is 27.5. The van der Waals surface area contributed by atoms with E-state index in [1.165, 1.54) is 30.3 Å². The molecule has 8 nitrogen and oxygen atoms in total. The Morgan fingerprint density at radius 1 is 1.29 bits per heavy atom. The fourth-order valence-electron chi connectivity index (χ4n) is 3.97. The number of benzene rings is 2. The highest BCUT2D eigenvalue weighted by Gasteiger charge is 2.36. The van der Waals surface area contributed by atoms with Crippen LogP contribution in [0.3, 0.4) is 0 Å². The zero-order valence-corrected chi connectivity index (χ0v) is 16.6. The lowest BCUT2D eigenvalue weighted by Gasteiger charge is -2.22. The van der Waals surface area contributed by atoms with Gasteiger partial charge in [0.1, 0.15) is 11.4 Å². The first kappa shape index (κ1) is 20.7. The van der Waals surface area contributed by atoms with Crippen molar-refractivity contribution in [3.05, 3.63) is 79.7 Å². The zero-order valence-electron chi connectivity index (χ0n) is 15.9. The molecule has 2 aromatic carbocycles. The number of carbonyl (C=O) groups excluding carboxylic acids is 1. The minimum atomic E-state index is -1.27. The Morgan fingerprint density at radius 3 is 2.74 bits per heavy atom. The number of carboxylic acid groups (broad SMARTS) is 1. The number of halogens is 2. The van der Waals surface area contributed by atoms with Crippen molar-refractivity contribution in [1.29, 1.82) is 0 Å². The summed E-state index contributed by atoms with van der Waals surface area (Å²) in [6.45, 7) is 0. The first-order chi connectivity index (χ1) is 14.8. The zero-order chi connectivity index (χ0) is 22.3. The number of nitrogens with one attached hydrogen (secondary N) is 1. The van der Waals surface area contributed by atoms with Crippen molar-refractivity contribution in [3.63, 3.8) is 0 Å². The van der Waals surface area contributed by atoms with Gasteiger partial charge in [-0.3, -0.25) is 20.0 Å². The molecule has 0 bridgehead atoms. The summed E-state index contributed by atoms with van der Waals surface area (Å²) in [6.07, 6.45) is 1.59. The molecule has 1 unspecified atom stereocenters. The van der Waals surface area contributed by atoms with Gasteiger partial charge in [0.2, 0.25) is 0 Å². The number of nitro benzene ring substituents is 1. The van der Waals surface area contributed by atoms with Crippen LogP contribution in [0, 0.1) is 15.9 Å². The number of nitrogens with zero attached hydrogens (tertiary/aromatic N) is 2. The number of H-pyrrole nitrogens is 1. The van der Waals surface area contributed by atoms with Crippen molar-refractivity contribution in [3.8, 4) is 11.3 Å². The molecule has 10 heteroatoms. The number of ketones is 1. The highest BCUT2D eigenvalue weighted by molar-refractivity contribution is 6.35. The lowest BCUT2D eigenvalue weighted by Crippen LogP contribution is -2.20. The quantitative estimate of drug-likeness (QED) is 0.332. The van der Waals surface area contributed by atoms with Crippen LogP contribution in [0.15, 0.2) is 36.4 Å². The Bertz CT molecular complexity index is 1240. The van der Waals surface area contributed by atoms with E-state index in [9.17, 15) is 24.1 Å². The molecule has 0 amide bonds. The average molecular weight is 444 g/mol. The molecule has 4 rings (SSSR count). The molecular formula is C21H15ClFN3O5. The Kier molecular flexibility index (Phi) is 5.28. The molecule has 0 radical (unpaired) electrons. The number of fused-ring (bicyclic) bond motifs is 1. The molecule has 2 N–H and O–H groups in total. The number of carbonyl (C=O) groups is 2. The second kappa shape index (κ2) is 7.92. The Hall–Kier alpha value is -3.59. The number of carboxylic acids is 1. The summed E-state index contributed by atoms with van der Waals surface area (Å²) in [7, 11) is 0. The van der Waals surface area contributed by atoms with Gasteiger partial charge in [-0.15, -0.1) is 0 Å². The number of rotatable bonds is 5. The standard InChI is InChI=1S/C21H15ClFN3O5/c22-13-4-2-6-16(26(30)31)18(13)20(27)12-3-1-5-15-17(12)19(25-24-15)11-8-7-10(21(28)29)9-14(11)23/h2,4,6-9,12H,1,3,5H2,(H,24,25)(H,28,29). The summed E-state index contributed by atoms with van der Waals surface area (Å²) in [4.78, 5) is 35.3. The Balaban J connectivity index is 1.84. The highest BCUT2D eigenvalue weighted by Crippen LogP contribution is 2.42. The molecule has 1 heterocycles. The van der Waals surface area contributed by atoms with Gasteiger partial charge in [-0.1, -0.05) is 17.7 Å². The number of hydrogen-bond acceptors (Lipinski definition) is 5. The molecule has 1 aliphatic carbocycles.